The highest BCUT2D eigenvalue weighted by Gasteiger charge is 2.18. The van der Waals surface area contributed by atoms with Gasteiger partial charge in [-0.3, -0.25) is 0 Å². The van der Waals surface area contributed by atoms with Crippen LogP contribution in [0.25, 0.3) is 38.2 Å². The summed E-state index contributed by atoms with van der Waals surface area (Å²) in [6, 6.07) is 14.7. The fourth-order valence-electron chi connectivity index (χ4n) is 2.89. The number of aromatic nitrogens is 2. The maximum atomic E-state index is 6.41. The lowest BCUT2D eigenvalue weighted by Gasteiger charge is -2.08. The molecule has 0 unspecified atom stereocenters. The van der Waals surface area contributed by atoms with Crippen LogP contribution < -0.4 is 0 Å². The van der Waals surface area contributed by atoms with Gasteiger partial charge in [0, 0.05) is 10.4 Å². The van der Waals surface area contributed by atoms with Crippen molar-refractivity contribution in [2.75, 3.05) is 0 Å². The molecule has 4 aromatic rings. The van der Waals surface area contributed by atoms with Crippen LogP contribution in [0.3, 0.4) is 0 Å². The van der Waals surface area contributed by atoms with E-state index in [0.717, 1.165) is 20.7 Å². The summed E-state index contributed by atoms with van der Waals surface area (Å²) < 4.78 is 0. The molecule has 0 bridgehead atoms. The van der Waals surface area contributed by atoms with Gasteiger partial charge >= 0.3 is 0 Å². The van der Waals surface area contributed by atoms with Crippen LogP contribution in [0, 0.1) is 0 Å². The van der Waals surface area contributed by atoms with E-state index >= 15 is 0 Å². The quantitative estimate of drug-likeness (QED) is 0.407. The third kappa shape index (κ3) is 2.33. The van der Waals surface area contributed by atoms with Gasteiger partial charge in [0.1, 0.15) is 16.3 Å². The zero-order valence-corrected chi connectivity index (χ0v) is 14.0. The van der Waals surface area contributed by atoms with E-state index in [4.69, 9.17) is 11.6 Å². The van der Waals surface area contributed by atoms with E-state index in [0.29, 0.717) is 5.15 Å². The molecule has 0 N–H and O–H groups in total. The van der Waals surface area contributed by atoms with Gasteiger partial charge in [0.15, 0.2) is 0 Å². The number of fused-ring (bicyclic) bond motifs is 2. The normalized spacial score (nSPS) is 11.7. The number of hydrogen-bond acceptors (Lipinski definition) is 3. The minimum absolute atomic E-state index is 0.505. The highest BCUT2D eigenvalue weighted by atomic mass is 35.5. The summed E-state index contributed by atoms with van der Waals surface area (Å²) in [6.45, 7) is 2.02. The molecule has 0 aliphatic rings. The lowest BCUT2D eigenvalue weighted by Crippen LogP contribution is -1.85. The first kappa shape index (κ1) is 14.4. The maximum Gasteiger partial charge on any atom is 0.141 e. The number of halogens is 1. The molecule has 0 atom stereocenters. The van der Waals surface area contributed by atoms with Crippen molar-refractivity contribution >= 4 is 50.0 Å². The van der Waals surface area contributed by atoms with Gasteiger partial charge in [0.25, 0.3) is 0 Å². The van der Waals surface area contributed by atoms with Crippen molar-refractivity contribution in [1.82, 2.24) is 9.97 Å². The van der Waals surface area contributed by atoms with Crippen molar-refractivity contribution in [1.29, 1.82) is 0 Å². The molecule has 4 rings (SSSR count). The van der Waals surface area contributed by atoms with E-state index < -0.39 is 0 Å². The molecular formula is C19H13ClN2S. The molecule has 23 heavy (non-hydrogen) atoms. The summed E-state index contributed by atoms with van der Waals surface area (Å²) in [5, 5.41) is 3.86. The van der Waals surface area contributed by atoms with Gasteiger partial charge in [0.2, 0.25) is 0 Å². The van der Waals surface area contributed by atoms with E-state index in [9.17, 15) is 0 Å². The SMILES string of the molecule is C/C=C/c1sc2ncnc(Cl)c2c1-c1cccc2ccccc12. The zero-order valence-electron chi connectivity index (χ0n) is 12.5. The maximum absolute atomic E-state index is 6.41. The molecule has 0 amide bonds. The molecule has 112 valence electrons. The predicted octanol–water partition coefficient (Wildman–Crippen LogP) is 6.20. The molecule has 0 aliphatic heterocycles. The van der Waals surface area contributed by atoms with E-state index in [1.807, 2.05) is 13.0 Å². The Bertz CT molecular complexity index is 1040. The average molecular weight is 337 g/mol. The first-order chi connectivity index (χ1) is 11.3. The Morgan fingerprint density at radius 1 is 1.04 bits per heavy atom. The van der Waals surface area contributed by atoms with Gasteiger partial charge in [-0.25, -0.2) is 9.97 Å². The highest BCUT2D eigenvalue weighted by molar-refractivity contribution is 7.20. The third-order valence-electron chi connectivity index (χ3n) is 3.85. The number of nitrogens with zero attached hydrogens (tertiary/aromatic N) is 2. The van der Waals surface area contributed by atoms with Crippen molar-refractivity contribution in [2.45, 2.75) is 6.92 Å². The zero-order chi connectivity index (χ0) is 15.8. The summed E-state index contributed by atoms with van der Waals surface area (Å²) >= 11 is 8.05. The van der Waals surface area contributed by atoms with Gasteiger partial charge < -0.3 is 0 Å². The largest absolute Gasteiger partial charge is 0.225 e. The fourth-order valence-corrected chi connectivity index (χ4v) is 4.31. The van der Waals surface area contributed by atoms with Crippen molar-refractivity contribution in [3.8, 4) is 11.1 Å². The summed E-state index contributed by atoms with van der Waals surface area (Å²) in [5.41, 5.74) is 2.28. The number of hydrogen-bond donors (Lipinski definition) is 0. The van der Waals surface area contributed by atoms with Gasteiger partial charge in [-0.1, -0.05) is 60.1 Å². The van der Waals surface area contributed by atoms with E-state index in [-0.39, 0.29) is 0 Å². The lowest BCUT2D eigenvalue weighted by atomic mass is 9.97. The molecule has 2 heterocycles. The molecule has 0 saturated carbocycles. The lowest BCUT2D eigenvalue weighted by molar-refractivity contribution is 1.23. The number of allylic oxidation sites excluding steroid dienone is 1. The molecule has 0 spiro atoms. The Morgan fingerprint density at radius 2 is 1.87 bits per heavy atom. The van der Waals surface area contributed by atoms with Crippen LogP contribution in [0.4, 0.5) is 0 Å². The van der Waals surface area contributed by atoms with Gasteiger partial charge in [-0.15, -0.1) is 11.3 Å². The van der Waals surface area contributed by atoms with Crippen LogP contribution in [0.15, 0.2) is 54.9 Å². The average Bonchev–Trinajstić information content (AvgIpc) is 2.94. The van der Waals surface area contributed by atoms with Crippen LogP contribution in [-0.4, -0.2) is 9.97 Å². The van der Waals surface area contributed by atoms with Crippen molar-refractivity contribution in [2.24, 2.45) is 0 Å². The summed E-state index contributed by atoms with van der Waals surface area (Å²) in [5.74, 6) is 0. The second kappa shape index (κ2) is 5.76. The molecule has 4 heteroatoms. The van der Waals surface area contributed by atoms with E-state index in [1.165, 1.54) is 22.7 Å². The minimum atomic E-state index is 0.505. The van der Waals surface area contributed by atoms with Crippen LogP contribution in [0.5, 0.6) is 0 Å². The number of benzene rings is 2. The predicted molar refractivity (Wildman–Crippen MR) is 100 cm³/mol. The first-order valence-electron chi connectivity index (χ1n) is 7.33. The summed E-state index contributed by atoms with van der Waals surface area (Å²) in [4.78, 5) is 10.7. The summed E-state index contributed by atoms with van der Waals surface area (Å²) in [7, 11) is 0. The monoisotopic (exact) mass is 336 g/mol. The van der Waals surface area contributed by atoms with Crippen molar-refractivity contribution in [3.63, 3.8) is 0 Å². The molecular weight excluding hydrogens is 324 g/mol. The Balaban J connectivity index is 2.17. The van der Waals surface area contributed by atoms with Crippen LogP contribution in [-0.2, 0) is 0 Å². The molecule has 0 aliphatic carbocycles. The standard InChI is InChI=1S/C19H13ClN2S/c1-2-6-15-16(17-18(20)21-11-22-19(17)23-15)14-10-5-8-12-7-3-4-9-13(12)14/h2-11H,1H3/b6-2+. The Kier molecular flexibility index (Phi) is 3.60. The second-order valence-corrected chi connectivity index (χ2v) is 6.60. The van der Waals surface area contributed by atoms with Crippen molar-refractivity contribution < 1.29 is 0 Å². The fraction of sp³-hybridized carbons (Fsp3) is 0.0526. The second-order valence-electron chi connectivity index (χ2n) is 5.21. The molecule has 0 fully saturated rings. The first-order valence-corrected chi connectivity index (χ1v) is 8.53. The molecule has 2 aromatic heterocycles. The van der Waals surface area contributed by atoms with Crippen molar-refractivity contribution in [3.05, 3.63) is 64.9 Å². The Labute approximate surface area is 143 Å². The topological polar surface area (TPSA) is 25.8 Å². The van der Waals surface area contributed by atoms with Crippen LogP contribution in [0.2, 0.25) is 5.15 Å². The van der Waals surface area contributed by atoms with Crippen LogP contribution in [0.1, 0.15) is 11.8 Å². The smallest absolute Gasteiger partial charge is 0.141 e. The van der Waals surface area contributed by atoms with Gasteiger partial charge in [-0.2, -0.15) is 0 Å². The Hall–Kier alpha value is -2.23. The van der Waals surface area contributed by atoms with E-state index in [2.05, 4.69) is 58.5 Å². The third-order valence-corrected chi connectivity index (χ3v) is 5.20. The molecule has 0 radical (unpaired) electrons. The molecule has 2 nitrogen and oxygen atoms in total. The number of rotatable bonds is 2. The Morgan fingerprint density at radius 3 is 2.74 bits per heavy atom. The molecule has 2 aromatic carbocycles. The van der Waals surface area contributed by atoms with Gasteiger partial charge in [0.05, 0.1) is 5.39 Å². The highest BCUT2D eigenvalue weighted by Crippen LogP contribution is 2.43. The van der Waals surface area contributed by atoms with Gasteiger partial charge in [-0.05, 0) is 29.3 Å². The van der Waals surface area contributed by atoms with Crippen LogP contribution >= 0.6 is 22.9 Å². The van der Waals surface area contributed by atoms with E-state index in [1.54, 1.807) is 11.3 Å². The summed E-state index contributed by atoms with van der Waals surface area (Å²) in [6.07, 6.45) is 5.67. The molecule has 0 saturated heterocycles. The minimum Gasteiger partial charge on any atom is -0.225 e. The number of thiophene rings is 1.